The van der Waals surface area contributed by atoms with E-state index >= 15 is 0 Å². The SMILES string of the molecule is Nc1ccc(C(=O)O)c(NCc2ccc(F)c(F)c2)c1. The molecule has 0 aromatic heterocycles. The first-order valence-electron chi connectivity index (χ1n) is 5.78. The van der Waals surface area contributed by atoms with Gasteiger partial charge in [-0.05, 0) is 35.9 Å². The summed E-state index contributed by atoms with van der Waals surface area (Å²) in [7, 11) is 0. The fourth-order valence-electron chi connectivity index (χ4n) is 1.74. The summed E-state index contributed by atoms with van der Waals surface area (Å²) >= 11 is 0. The summed E-state index contributed by atoms with van der Waals surface area (Å²) in [5, 5.41) is 11.9. The first kappa shape index (κ1) is 13.8. The topological polar surface area (TPSA) is 75.4 Å². The van der Waals surface area contributed by atoms with Crippen LogP contribution in [0, 0.1) is 11.6 Å². The Labute approximate surface area is 113 Å². The lowest BCUT2D eigenvalue weighted by molar-refractivity contribution is 0.0698. The molecule has 2 aromatic carbocycles. The predicted octanol–water partition coefficient (Wildman–Crippen LogP) is 2.86. The van der Waals surface area contributed by atoms with Crippen LogP contribution in [-0.4, -0.2) is 11.1 Å². The van der Waals surface area contributed by atoms with E-state index in [9.17, 15) is 13.6 Å². The minimum atomic E-state index is -1.10. The Morgan fingerprint density at radius 3 is 2.55 bits per heavy atom. The molecule has 0 aliphatic carbocycles. The van der Waals surface area contributed by atoms with Crippen molar-refractivity contribution < 1.29 is 18.7 Å². The molecule has 20 heavy (non-hydrogen) atoms. The number of carboxylic acids is 1. The van der Waals surface area contributed by atoms with Crippen molar-refractivity contribution in [3.8, 4) is 0 Å². The molecule has 0 aliphatic heterocycles. The maximum atomic E-state index is 13.1. The van der Waals surface area contributed by atoms with Gasteiger partial charge in [-0.25, -0.2) is 13.6 Å². The molecule has 0 spiro atoms. The highest BCUT2D eigenvalue weighted by molar-refractivity contribution is 5.95. The molecule has 0 heterocycles. The molecule has 0 atom stereocenters. The summed E-state index contributed by atoms with van der Waals surface area (Å²) in [5.74, 6) is -2.97. The average molecular weight is 278 g/mol. The number of rotatable bonds is 4. The Morgan fingerprint density at radius 2 is 1.90 bits per heavy atom. The number of carboxylic acid groups (broad SMARTS) is 1. The first-order valence-corrected chi connectivity index (χ1v) is 5.78. The van der Waals surface area contributed by atoms with Crippen molar-refractivity contribution in [2.75, 3.05) is 11.1 Å². The molecule has 4 nitrogen and oxygen atoms in total. The van der Waals surface area contributed by atoms with Crippen LogP contribution in [0.2, 0.25) is 0 Å². The van der Waals surface area contributed by atoms with Gasteiger partial charge in [-0.2, -0.15) is 0 Å². The molecule has 0 saturated carbocycles. The van der Waals surface area contributed by atoms with Crippen LogP contribution in [0.25, 0.3) is 0 Å². The summed E-state index contributed by atoms with van der Waals surface area (Å²) in [6.45, 7) is 0.154. The fraction of sp³-hybridized carbons (Fsp3) is 0.0714. The van der Waals surface area contributed by atoms with Gasteiger partial charge in [-0.1, -0.05) is 6.07 Å². The second-order valence-corrected chi connectivity index (χ2v) is 4.21. The summed E-state index contributed by atoms with van der Waals surface area (Å²) in [5.41, 5.74) is 6.87. The molecule has 2 aromatic rings. The molecule has 104 valence electrons. The van der Waals surface area contributed by atoms with E-state index in [1.54, 1.807) is 0 Å². The van der Waals surface area contributed by atoms with Gasteiger partial charge in [-0.3, -0.25) is 0 Å². The van der Waals surface area contributed by atoms with Crippen molar-refractivity contribution in [3.05, 3.63) is 59.2 Å². The minimum absolute atomic E-state index is 0.0572. The Kier molecular flexibility index (Phi) is 3.84. The number of benzene rings is 2. The highest BCUT2D eigenvalue weighted by Crippen LogP contribution is 2.20. The zero-order chi connectivity index (χ0) is 14.7. The molecule has 0 bridgehead atoms. The number of nitrogens with one attached hydrogen (secondary N) is 1. The molecule has 2 rings (SSSR count). The maximum absolute atomic E-state index is 13.1. The van der Waals surface area contributed by atoms with Crippen LogP contribution in [0.1, 0.15) is 15.9 Å². The second-order valence-electron chi connectivity index (χ2n) is 4.21. The smallest absolute Gasteiger partial charge is 0.337 e. The van der Waals surface area contributed by atoms with Crippen LogP contribution in [0.5, 0.6) is 0 Å². The average Bonchev–Trinajstić information content (AvgIpc) is 2.40. The number of carbonyl (C=O) groups is 1. The Balaban J connectivity index is 2.20. The van der Waals surface area contributed by atoms with E-state index in [0.29, 0.717) is 16.9 Å². The van der Waals surface area contributed by atoms with Crippen LogP contribution in [-0.2, 0) is 6.54 Å². The predicted molar refractivity (Wildman–Crippen MR) is 71.5 cm³/mol. The Morgan fingerprint density at radius 1 is 1.15 bits per heavy atom. The molecule has 0 saturated heterocycles. The van der Waals surface area contributed by atoms with Gasteiger partial charge in [-0.15, -0.1) is 0 Å². The van der Waals surface area contributed by atoms with Crippen molar-refractivity contribution in [1.29, 1.82) is 0 Å². The van der Waals surface area contributed by atoms with Gasteiger partial charge >= 0.3 is 5.97 Å². The fourth-order valence-corrected chi connectivity index (χ4v) is 1.74. The molecule has 0 radical (unpaired) electrons. The summed E-state index contributed by atoms with van der Waals surface area (Å²) in [4.78, 5) is 11.1. The van der Waals surface area contributed by atoms with Gasteiger partial charge in [0.05, 0.1) is 11.3 Å². The Bertz CT molecular complexity index is 660. The van der Waals surface area contributed by atoms with Gasteiger partial charge in [0, 0.05) is 12.2 Å². The molecule has 4 N–H and O–H groups in total. The van der Waals surface area contributed by atoms with Gasteiger partial charge < -0.3 is 16.2 Å². The molecule has 0 fully saturated rings. The molecule has 0 aliphatic rings. The molecule has 6 heteroatoms. The number of hydrogen-bond acceptors (Lipinski definition) is 3. The van der Waals surface area contributed by atoms with E-state index in [1.165, 1.54) is 24.3 Å². The summed E-state index contributed by atoms with van der Waals surface area (Å²) in [6.07, 6.45) is 0. The maximum Gasteiger partial charge on any atom is 0.337 e. The number of nitrogens with two attached hydrogens (primary N) is 1. The summed E-state index contributed by atoms with van der Waals surface area (Å²) in [6, 6.07) is 7.82. The van der Waals surface area contributed by atoms with Gasteiger partial charge in [0.2, 0.25) is 0 Å². The molecular formula is C14H12F2N2O2. The van der Waals surface area contributed by atoms with Crippen LogP contribution in [0.4, 0.5) is 20.2 Å². The third-order valence-electron chi connectivity index (χ3n) is 2.74. The number of aromatic carboxylic acids is 1. The zero-order valence-electron chi connectivity index (χ0n) is 10.4. The highest BCUT2D eigenvalue weighted by atomic mass is 19.2. The number of anilines is 2. The van der Waals surface area contributed by atoms with Crippen LogP contribution in [0.3, 0.4) is 0 Å². The number of nitrogen functional groups attached to an aromatic ring is 1. The lowest BCUT2D eigenvalue weighted by Crippen LogP contribution is -2.07. The minimum Gasteiger partial charge on any atom is -0.478 e. The zero-order valence-corrected chi connectivity index (χ0v) is 10.4. The molecule has 0 unspecified atom stereocenters. The Hall–Kier alpha value is -2.63. The lowest BCUT2D eigenvalue weighted by atomic mass is 10.1. The normalized spacial score (nSPS) is 10.3. The van der Waals surface area contributed by atoms with Gasteiger partial charge in [0.1, 0.15) is 0 Å². The standard InChI is InChI=1S/C14H12F2N2O2/c15-11-4-1-8(5-12(11)16)7-18-13-6-9(17)2-3-10(13)14(19)20/h1-6,18H,7,17H2,(H,19,20). The van der Waals surface area contributed by atoms with E-state index in [1.807, 2.05) is 0 Å². The largest absolute Gasteiger partial charge is 0.478 e. The van der Waals surface area contributed by atoms with Crippen molar-refractivity contribution >= 4 is 17.3 Å². The van der Waals surface area contributed by atoms with Crippen molar-refractivity contribution in [2.24, 2.45) is 0 Å². The van der Waals surface area contributed by atoms with E-state index < -0.39 is 17.6 Å². The monoisotopic (exact) mass is 278 g/mol. The van der Waals surface area contributed by atoms with E-state index in [2.05, 4.69) is 5.32 Å². The number of halogens is 2. The lowest BCUT2D eigenvalue weighted by Gasteiger charge is -2.10. The quantitative estimate of drug-likeness (QED) is 0.752. The van der Waals surface area contributed by atoms with Crippen molar-refractivity contribution in [2.45, 2.75) is 6.54 Å². The third kappa shape index (κ3) is 3.03. The molecular weight excluding hydrogens is 266 g/mol. The van der Waals surface area contributed by atoms with Gasteiger partial charge in [0.25, 0.3) is 0 Å². The first-order chi connectivity index (χ1) is 9.47. The third-order valence-corrected chi connectivity index (χ3v) is 2.74. The van der Waals surface area contributed by atoms with E-state index in [-0.39, 0.29) is 12.1 Å². The van der Waals surface area contributed by atoms with Crippen molar-refractivity contribution in [1.82, 2.24) is 0 Å². The van der Waals surface area contributed by atoms with Gasteiger partial charge in [0.15, 0.2) is 11.6 Å². The second kappa shape index (κ2) is 5.56. The van der Waals surface area contributed by atoms with Crippen LogP contribution >= 0.6 is 0 Å². The molecule has 0 amide bonds. The number of hydrogen-bond donors (Lipinski definition) is 3. The van der Waals surface area contributed by atoms with Crippen molar-refractivity contribution in [3.63, 3.8) is 0 Å². The van der Waals surface area contributed by atoms with E-state index in [0.717, 1.165) is 12.1 Å². The highest BCUT2D eigenvalue weighted by Gasteiger charge is 2.10. The van der Waals surface area contributed by atoms with Crippen LogP contribution in [0.15, 0.2) is 36.4 Å². The van der Waals surface area contributed by atoms with Crippen LogP contribution < -0.4 is 11.1 Å². The van der Waals surface area contributed by atoms with E-state index in [4.69, 9.17) is 10.8 Å². The summed E-state index contributed by atoms with van der Waals surface area (Å²) < 4.78 is 25.9.